The summed E-state index contributed by atoms with van der Waals surface area (Å²) in [5.74, 6) is 1.35. The molecule has 1 N–H and O–H groups in total. The van der Waals surface area contributed by atoms with E-state index in [2.05, 4.69) is 15.3 Å². The van der Waals surface area contributed by atoms with Gasteiger partial charge in [0.2, 0.25) is 0 Å². The zero-order valence-electron chi connectivity index (χ0n) is 10.4. The molecule has 0 atom stereocenters. The molecule has 0 aliphatic carbocycles. The Balaban J connectivity index is 1.85. The van der Waals surface area contributed by atoms with Crippen molar-refractivity contribution in [3.63, 3.8) is 0 Å². The van der Waals surface area contributed by atoms with Gasteiger partial charge in [0.05, 0.1) is 5.39 Å². The Bertz CT molecular complexity index is 706. The zero-order chi connectivity index (χ0) is 13.2. The van der Waals surface area contributed by atoms with Gasteiger partial charge in [0.1, 0.15) is 22.3 Å². The van der Waals surface area contributed by atoms with Crippen molar-refractivity contribution >= 4 is 27.4 Å². The van der Waals surface area contributed by atoms with Gasteiger partial charge in [-0.05, 0) is 36.1 Å². The largest absolute Gasteiger partial charge is 0.365 e. The average molecular weight is 273 g/mol. The maximum Gasteiger partial charge on any atom is 0.138 e. The van der Waals surface area contributed by atoms with Crippen molar-refractivity contribution in [1.82, 2.24) is 9.97 Å². The fourth-order valence-corrected chi connectivity index (χ4v) is 2.69. The Morgan fingerprint density at radius 1 is 1.16 bits per heavy atom. The summed E-state index contributed by atoms with van der Waals surface area (Å²) < 4.78 is 12.8. The molecule has 0 amide bonds. The average Bonchev–Trinajstić information content (AvgIpc) is 2.85. The molecule has 1 aromatic carbocycles. The zero-order valence-corrected chi connectivity index (χ0v) is 11.2. The van der Waals surface area contributed by atoms with E-state index in [-0.39, 0.29) is 5.82 Å². The Kier molecular flexibility index (Phi) is 3.13. The third-order valence-electron chi connectivity index (χ3n) is 2.81. The van der Waals surface area contributed by atoms with Crippen molar-refractivity contribution < 1.29 is 4.39 Å². The molecular formula is C14H12FN3S. The molecule has 0 saturated heterocycles. The summed E-state index contributed by atoms with van der Waals surface area (Å²) in [6.07, 6.45) is 0. The van der Waals surface area contributed by atoms with E-state index in [0.717, 1.165) is 27.4 Å². The van der Waals surface area contributed by atoms with Crippen LogP contribution in [0.25, 0.3) is 10.2 Å². The maximum absolute atomic E-state index is 12.8. The van der Waals surface area contributed by atoms with Crippen LogP contribution < -0.4 is 5.32 Å². The second-order valence-electron chi connectivity index (χ2n) is 4.24. The number of aromatic nitrogens is 2. The number of nitrogens with one attached hydrogen (secondary N) is 1. The van der Waals surface area contributed by atoms with Crippen LogP contribution in [0.15, 0.2) is 35.7 Å². The number of benzene rings is 1. The maximum atomic E-state index is 12.8. The first-order valence-electron chi connectivity index (χ1n) is 5.92. The molecule has 0 spiro atoms. The number of hydrogen-bond acceptors (Lipinski definition) is 4. The summed E-state index contributed by atoms with van der Waals surface area (Å²) in [5, 5.41) is 6.31. The van der Waals surface area contributed by atoms with Crippen LogP contribution in [-0.2, 0) is 6.54 Å². The van der Waals surface area contributed by atoms with Crippen LogP contribution in [-0.4, -0.2) is 9.97 Å². The van der Waals surface area contributed by atoms with Crippen molar-refractivity contribution in [2.45, 2.75) is 13.5 Å². The van der Waals surface area contributed by atoms with E-state index in [1.165, 1.54) is 12.1 Å². The van der Waals surface area contributed by atoms with Crippen LogP contribution >= 0.6 is 11.3 Å². The number of halogens is 1. The van der Waals surface area contributed by atoms with Gasteiger partial charge in [0, 0.05) is 6.54 Å². The van der Waals surface area contributed by atoms with E-state index in [4.69, 9.17) is 0 Å². The lowest BCUT2D eigenvalue weighted by molar-refractivity contribution is 0.627. The van der Waals surface area contributed by atoms with Gasteiger partial charge >= 0.3 is 0 Å². The lowest BCUT2D eigenvalue weighted by atomic mass is 10.2. The van der Waals surface area contributed by atoms with Gasteiger partial charge in [-0.1, -0.05) is 12.1 Å². The van der Waals surface area contributed by atoms with Crippen LogP contribution in [0.1, 0.15) is 11.4 Å². The van der Waals surface area contributed by atoms with Gasteiger partial charge < -0.3 is 5.32 Å². The normalized spacial score (nSPS) is 10.8. The summed E-state index contributed by atoms with van der Waals surface area (Å²) in [5.41, 5.74) is 1.01. The number of anilines is 1. The highest BCUT2D eigenvalue weighted by atomic mass is 32.1. The number of aryl methyl sites for hydroxylation is 1. The van der Waals surface area contributed by atoms with Crippen molar-refractivity contribution in [1.29, 1.82) is 0 Å². The fraction of sp³-hybridized carbons (Fsp3) is 0.143. The number of thiophene rings is 1. The van der Waals surface area contributed by atoms with E-state index in [9.17, 15) is 4.39 Å². The quantitative estimate of drug-likeness (QED) is 0.789. The SMILES string of the molecule is Cc1nc(NCc2ccc(F)cc2)c2ccsc2n1. The summed E-state index contributed by atoms with van der Waals surface area (Å²) in [6, 6.07) is 8.46. The fourth-order valence-electron chi connectivity index (χ4n) is 1.88. The van der Waals surface area contributed by atoms with Crippen molar-refractivity contribution in [3.05, 3.63) is 52.9 Å². The molecular weight excluding hydrogens is 261 g/mol. The molecule has 0 bridgehead atoms. The monoisotopic (exact) mass is 273 g/mol. The lowest BCUT2D eigenvalue weighted by Gasteiger charge is -2.07. The summed E-state index contributed by atoms with van der Waals surface area (Å²) in [4.78, 5) is 9.78. The molecule has 3 aromatic rings. The van der Waals surface area contributed by atoms with Gasteiger partial charge in [-0.3, -0.25) is 0 Å². The standard InChI is InChI=1S/C14H12FN3S/c1-9-17-13(12-6-7-19-14(12)18-9)16-8-10-2-4-11(15)5-3-10/h2-7H,8H2,1H3,(H,16,17,18). The molecule has 0 aliphatic rings. The Hall–Kier alpha value is -2.01. The molecule has 0 unspecified atom stereocenters. The van der Waals surface area contributed by atoms with E-state index < -0.39 is 0 Å². The molecule has 2 heterocycles. The molecule has 19 heavy (non-hydrogen) atoms. The van der Waals surface area contributed by atoms with Crippen molar-refractivity contribution in [2.75, 3.05) is 5.32 Å². The highest BCUT2D eigenvalue weighted by molar-refractivity contribution is 7.16. The predicted octanol–water partition coefficient (Wildman–Crippen LogP) is 3.75. The number of hydrogen-bond donors (Lipinski definition) is 1. The number of nitrogens with zero attached hydrogens (tertiary/aromatic N) is 2. The Labute approximate surface area is 114 Å². The minimum absolute atomic E-state index is 0.221. The third-order valence-corrected chi connectivity index (χ3v) is 3.62. The van der Waals surface area contributed by atoms with E-state index >= 15 is 0 Å². The van der Waals surface area contributed by atoms with Crippen molar-refractivity contribution in [2.24, 2.45) is 0 Å². The summed E-state index contributed by atoms with van der Waals surface area (Å²) >= 11 is 1.60. The van der Waals surface area contributed by atoms with Gasteiger partial charge in [0.15, 0.2) is 0 Å². The first-order chi connectivity index (χ1) is 9.22. The predicted molar refractivity (Wildman–Crippen MR) is 75.9 cm³/mol. The third kappa shape index (κ3) is 2.56. The highest BCUT2D eigenvalue weighted by Gasteiger charge is 2.06. The first kappa shape index (κ1) is 12.0. The molecule has 0 fully saturated rings. The van der Waals surface area contributed by atoms with Crippen molar-refractivity contribution in [3.8, 4) is 0 Å². The van der Waals surface area contributed by atoms with Gasteiger partial charge in [0.25, 0.3) is 0 Å². The summed E-state index contributed by atoms with van der Waals surface area (Å²) in [6.45, 7) is 2.49. The highest BCUT2D eigenvalue weighted by Crippen LogP contribution is 2.25. The van der Waals surface area contributed by atoms with Crippen LogP contribution in [0.5, 0.6) is 0 Å². The van der Waals surface area contributed by atoms with E-state index in [1.807, 2.05) is 18.4 Å². The van der Waals surface area contributed by atoms with Crippen LogP contribution in [0, 0.1) is 12.7 Å². The lowest BCUT2D eigenvalue weighted by Crippen LogP contribution is -2.03. The van der Waals surface area contributed by atoms with Gasteiger partial charge in [-0.25, -0.2) is 14.4 Å². The molecule has 0 radical (unpaired) electrons. The number of fused-ring (bicyclic) bond motifs is 1. The Morgan fingerprint density at radius 3 is 2.74 bits per heavy atom. The number of rotatable bonds is 3. The topological polar surface area (TPSA) is 37.8 Å². The summed E-state index contributed by atoms with van der Waals surface area (Å²) in [7, 11) is 0. The van der Waals surface area contributed by atoms with Gasteiger partial charge in [-0.2, -0.15) is 0 Å². The minimum atomic E-state index is -0.221. The van der Waals surface area contributed by atoms with Crippen LogP contribution in [0.2, 0.25) is 0 Å². The van der Waals surface area contributed by atoms with E-state index in [1.54, 1.807) is 23.5 Å². The molecule has 96 valence electrons. The van der Waals surface area contributed by atoms with Crippen LogP contribution in [0.4, 0.5) is 10.2 Å². The molecule has 3 nitrogen and oxygen atoms in total. The Morgan fingerprint density at radius 2 is 1.95 bits per heavy atom. The molecule has 0 saturated carbocycles. The first-order valence-corrected chi connectivity index (χ1v) is 6.80. The minimum Gasteiger partial charge on any atom is -0.365 e. The second kappa shape index (κ2) is 4.93. The molecule has 5 heteroatoms. The molecule has 3 rings (SSSR count). The van der Waals surface area contributed by atoms with Crippen LogP contribution in [0.3, 0.4) is 0 Å². The van der Waals surface area contributed by atoms with Gasteiger partial charge in [-0.15, -0.1) is 11.3 Å². The molecule has 0 aliphatic heterocycles. The van der Waals surface area contributed by atoms with E-state index in [0.29, 0.717) is 6.54 Å². The second-order valence-corrected chi connectivity index (χ2v) is 5.13. The molecule has 2 aromatic heterocycles. The smallest absolute Gasteiger partial charge is 0.138 e.